The van der Waals surface area contributed by atoms with E-state index in [4.69, 9.17) is 0 Å². The number of nitrogens with one attached hydrogen (secondary N) is 3. The Balaban J connectivity index is 1.60. The number of aromatic amines is 1. The fourth-order valence-electron chi connectivity index (χ4n) is 2.61. The highest BCUT2D eigenvalue weighted by molar-refractivity contribution is 6.08. The Morgan fingerprint density at radius 3 is 2.31 bits per heavy atom. The Morgan fingerprint density at radius 2 is 1.66 bits per heavy atom. The number of hydrogen-bond acceptors (Lipinski definition) is 3. The molecule has 29 heavy (non-hydrogen) atoms. The minimum Gasteiger partial charge on any atom is -0.350 e. The first-order valence-corrected chi connectivity index (χ1v) is 8.69. The third-order valence-electron chi connectivity index (χ3n) is 4.12. The van der Waals surface area contributed by atoms with E-state index in [0.29, 0.717) is 13.0 Å². The molecular weight excluding hydrogens is 385 g/mol. The number of benzene rings is 2. The fourth-order valence-corrected chi connectivity index (χ4v) is 2.61. The minimum atomic E-state index is -4.48. The summed E-state index contributed by atoms with van der Waals surface area (Å²) in [4.78, 5) is 24.6. The van der Waals surface area contributed by atoms with E-state index < -0.39 is 23.6 Å². The van der Waals surface area contributed by atoms with Crippen LogP contribution in [0, 0.1) is 0 Å². The topological polar surface area (TPSA) is 86.9 Å². The number of carbonyl (C=O) groups is 2. The average molecular weight is 402 g/mol. The van der Waals surface area contributed by atoms with Gasteiger partial charge in [-0.3, -0.25) is 14.7 Å². The molecule has 1 aromatic heterocycles. The Kier molecular flexibility index (Phi) is 5.96. The number of carbonyl (C=O) groups excluding carboxylic acids is 2. The van der Waals surface area contributed by atoms with Gasteiger partial charge in [0.2, 0.25) is 0 Å². The Bertz CT molecular complexity index is 983. The lowest BCUT2D eigenvalue weighted by molar-refractivity contribution is -0.137. The molecule has 0 aliphatic rings. The van der Waals surface area contributed by atoms with Crippen molar-refractivity contribution >= 4 is 17.5 Å². The van der Waals surface area contributed by atoms with Crippen molar-refractivity contribution in [3.05, 3.63) is 83.2 Å². The van der Waals surface area contributed by atoms with Gasteiger partial charge in [0.05, 0.1) is 11.3 Å². The minimum absolute atomic E-state index is 0.0154. The monoisotopic (exact) mass is 402 g/mol. The van der Waals surface area contributed by atoms with Crippen molar-refractivity contribution in [3.8, 4) is 0 Å². The first-order chi connectivity index (χ1) is 13.8. The number of alkyl halides is 3. The maximum Gasteiger partial charge on any atom is 0.416 e. The molecule has 6 nitrogen and oxygen atoms in total. The van der Waals surface area contributed by atoms with Crippen molar-refractivity contribution in [1.82, 2.24) is 15.5 Å². The van der Waals surface area contributed by atoms with E-state index in [0.717, 1.165) is 29.8 Å². The van der Waals surface area contributed by atoms with Crippen LogP contribution >= 0.6 is 0 Å². The summed E-state index contributed by atoms with van der Waals surface area (Å²) >= 11 is 0. The van der Waals surface area contributed by atoms with Crippen LogP contribution < -0.4 is 10.6 Å². The van der Waals surface area contributed by atoms with E-state index in [1.54, 1.807) is 0 Å². The Morgan fingerprint density at radius 1 is 0.966 bits per heavy atom. The molecule has 3 rings (SSSR count). The molecule has 9 heteroatoms. The molecule has 3 aromatic rings. The lowest BCUT2D eigenvalue weighted by atomic mass is 10.1. The second-order valence-corrected chi connectivity index (χ2v) is 6.17. The second-order valence-electron chi connectivity index (χ2n) is 6.17. The number of nitrogens with zero attached hydrogens (tertiary/aromatic N) is 1. The Labute approximate surface area is 164 Å². The van der Waals surface area contributed by atoms with Gasteiger partial charge in [-0.15, -0.1) is 0 Å². The quantitative estimate of drug-likeness (QED) is 0.588. The molecule has 0 aliphatic carbocycles. The molecule has 1 heterocycles. The summed E-state index contributed by atoms with van der Waals surface area (Å²) in [7, 11) is 0. The van der Waals surface area contributed by atoms with E-state index >= 15 is 0 Å². The smallest absolute Gasteiger partial charge is 0.350 e. The number of amides is 2. The van der Waals surface area contributed by atoms with Gasteiger partial charge < -0.3 is 10.6 Å². The first kappa shape index (κ1) is 20.1. The second kappa shape index (κ2) is 8.59. The molecule has 0 saturated carbocycles. The normalized spacial score (nSPS) is 11.1. The number of hydrogen-bond donors (Lipinski definition) is 3. The zero-order valence-corrected chi connectivity index (χ0v) is 15.1. The molecule has 2 amide bonds. The summed E-state index contributed by atoms with van der Waals surface area (Å²) in [5.74, 6) is -1.14. The summed E-state index contributed by atoms with van der Waals surface area (Å²) < 4.78 is 37.9. The highest BCUT2D eigenvalue weighted by Gasteiger charge is 2.30. The summed E-state index contributed by atoms with van der Waals surface area (Å²) in [5.41, 5.74) is 0.349. The molecule has 0 unspecified atom stereocenters. The largest absolute Gasteiger partial charge is 0.416 e. The third kappa shape index (κ3) is 5.22. The molecule has 2 aromatic carbocycles. The van der Waals surface area contributed by atoms with Crippen LogP contribution in [0.4, 0.5) is 18.9 Å². The molecule has 0 aliphatic heterocycles. The maximum absolute atomic E-state index is 12.6. The van der Waals surface area contributed by atoms with Crippen molar-refractivity contribution in [2.45, 2.75) is 12.6 Å². The van der Waals surface area contributed by atoms with Gasteiger partial charge in [-0.2, -0.15) is 18.3 Å². The van der Waals surface area contributed by atoms with Crippen LogP contribution in [0.3, 0.4) is 0 Å². The van der Waals surface area contributed by atoms with Crippen molar-refractivity contribution < 1.29 is 22.8 Å². The number of halogens is 3. The zero-order chi connectivity index (χ0) is 20.9. The van der Waals surface area contributed by atoms with Crippen LogP contribution in [0.25, 0.3) is 0 Å². The van der Waals surface area contributed by atoms with Gasteiger partial charge in [-0.25, -0.2) is 0 Å². The summed E-state index contributed by atoms with van der Waals surface area (Å²) in [5, 5.41) is 11.5. The molecular formula is C20H17F3N4O2. The Hall–Kier alpha value is -3.62. The summed E-state index contributed by atoms with van der Waals surface area (Å²) in [6.07, 6.45) is -2.52. The van der Waals surface area contributed by atoms with Crippen LogP contribution in [-0.4, -0.2) is 28.6 Å². The van der Waals surface area contributed by atoms with E-state index in [1.165, 1.54) is 6.20 Å². The first-order valence-electron chi connectivity index (χ1n) is 8.69. The van der Waals surface area contributed by atoms with Crippen molar-refractivity contribution in [2.75, 3.05) is 11.9 Å². The number of anilines is 1. The van der Waals surface area contributed by atoms with Crippen LogP contribution in [0.15, 0.2) is 60.8 Å². The molecule has 0 bridgehead atoms. The van der Waals surface area contributed by atoms with E-state index in [2.05, 4.69) is 20.8 Å². The predicted molar refractivity (Wildman–Crippen MR) is 100 cm³/mol. The van der Waals surface area contributed by atoms with Crippen molar-refractivity contribution in [3.63, 3.8) is 0 Å². The van der Waals surface area contributed by atoms with E-state index in [1.807, 2.05) is 30.3 Å². The summed E-state index contributed by atoms with van der Waals surface area (Å²) in [6, 6.07) is 13.4. The molecule has 0 radical (unpaired) electrons. The van der Waals surface area contributed by atoms with Crippen LogP contribution in [0.5, 0.6) is 0 Å². The number of aromatic nitrogens is 2. The molecule has 0 fully saturated rings. The highest BCUT2D eigenvalue weighted by atomic mass is 19.4. The van der Waals surface area contributed by atoms with Crippen LogP contribution in [-0.2, 0) is 12.6 Å². The highest BCUT2D eigenvalue weighted by Crippen LogP contribution is 2.29. The van der Waals surface area contributed by atoms with Gasteiger partial charge in [-0.05, 0) is 36.2 Å². The van der Waals surface area contributed by atoms with Gasteiger partial charge in [0.15, 0.2) is 5.69 Å². The SMILES string of the molecule is O=C(Nc1c[nH]nc1C(=O)NCCc1ccccc1)c1ccc(C(F)(F)F)cc1. The van der Waals surface area contributed by atoms with Gasteiger partial charge in [0.25, 0.3) is 11.8 Å². The zero-order valence-electron chi connectivity index (χ0n) is 15.1. The van der Waals surface area contributed by atoms with Gasteiger partial charge in [0.1, 0.15) is 0 Å². The number of rotatable bonds is 6. The standard InChI is InChI=1S/C20H17F3N4O2/c21-20(22,23)15-8-6-14(7-9-15)18(28)26-16-12-25-27-17(16)19(29)24-11-10-13-4-2-1-3-5-13/h1-9,12H,10-11H2,(H,24,29)(H,25,27)(H,26,28). The van der Waals surface area contributed by atoms with Gasteiger partial charge >= 0.3 is 6.18 Å². The lowest BCUT2D eigenvalue weighted by Crippen LogP contribution is -2.27. The predicted octanol–water partition coefficient (Wildman–Crippen LogP) is 3.65. The molecule has 0 saturated heterocycles. The van der Waals surface area contributed by atoms with Crippen LogP contribution in [0.1, 0.15) is 32.0 Å². The third-order valence-corrected chi connectivity index (χ3v) is 4.12. The maximum atomic E-state index is 12.6. The van der Waals surface area contributed by atoms with Crippen molar-refractivity contribution in [1.29, 1.82) is 0 Å². The average Bonchev–Trinajstić information content (AvgIpc) is 3.16. The summed E-state index contributed by atoms with van der Waals surface area (Å²) in [6.45, 7) is 0.377. The van der Waals surface area contributed by atoms with Crippen molar-refractivity contribution in [2.24, 2.45) is 0 Å². The molecule has 3 N–H and O–H groups in total. The fraction of sp³-hybridized carbons (Fsp3) is 0.150. The number of H-pyrrole nitrogens is 1. The molecule has 0 atom stereocenters. The van der Waals surface area contributed by atoms with E-state index in [-0.39, 0.29) is 16.9 Å². The molecule has 150 valence electrons. The molecule has 0 spiro atoms. The lowest BCUT2D eigenvalue weighted by Gasteiger charge is -2.09. The van der Waals surface area contributed by atoms with E-state index in [9.17, 15) is 22.8 Å². The van der Waals surface area contributed by atoms with Gasteiger partial charge in [0, 0.05) is 18.3 Å². The van der Waals surface area contributed by atoms with Crippen LogP contribution in [0.2, 0.25) is 0 Å². The van der Waals surface area contributed by atoms with Gasteiger partial charge in [-0.1, -0.05) is 30.3 Å².